The maximum atomic E-state index is 12.4. The van der Waals surface area contributed by atoms with Gasteiger partial charge < -0.3 is 15.8 Å². The highest BCUT2D eigenvalue weighted by Gasteiger charge is 2.29. The van der Waals surface area contributed by atoms with E-state index in [4.69, 9.17) is 10.5 Å². The minimum atomic E-state index is -0.537. The van der Waals surface area contributed by atoms with Gasteiger partial charge in [-0.3, -0.25) is 9.59 Å². The van der Waals surface area contributed by atoms with Crippen molar-refractivity contribution < 1.29 is 14.3 Å². The van der Waals surface area contributed by atoms with Crippen LogP contribution in [0.2, 0.25) is 0 Å². The number of nitrogens with two attached hydrogens (primary N) is 1. The molecule has 1 heterocycles. The molecule has 2 atom stereocenters. The fraction of sp³-hybridized carbons (Fsp3) is 0.222. The standard InChI is InChI=1S/C18H20N4O3/c19-17(23)11-25-14-8-6-13(7-9-14)20-18(24)16-10-15(21-22-16)12-4-2-1-3-5-12/h1-9,15-16,21-22H,10-11H2,(H2,19,23)(H,20,24). The third-order valence-electron chi connectivity index (χ3n) is 3.92. The number of hydrogen-bond acceptors (Lipinski definition) is 5. The van der Waals surface area contributed by atoms with E-state index < -0.39 is 5.91 Å². The van der Waals surface area contributed by atoms with E-state index in [-0.39, 0.29) is 24.6 Å². The van der Waals surface area contributed by atoms with Gasteiger partial charge >= 0.3 is 0 Å². The van der Waals surface area contributed by atoms with E-state index in [2.05, 4.69) is 16.2 Å². The Balaban J connectivity index is 1.53. The number of carbonyl (C=O) groups is 2. The summed E-state index contributed by atoms with van der Waals surface area (Å²) in [5.74, 6) is -0.136. The lowest BCUT2D eigenvalue weighted by atomic mass is 10.0. The number of nitrogens with one attached hydrogen (secondary N) is 3. The first kappa shape index (κ1) is 16.9. The molecule has 2 aromatic rings. The monoisotopic (exact) mass is 340 g/mol. The van der Waals surface area contributed by atoms with Crippen molar-refractivity contribution in [2.75, 3.05) is 11.9 Å². The topological polar surface area (TPSA) is 105 Å². The lowest BCUT2D eigenvalue weighted by Gasteiger charge is -2.11. The molecule has 1 saturated heterocycles. The van der Waals surface area contributed by atoms with Crippen LogP contribution in [-0.2, 0) is 9.59 Å². The van der Waals surface area contributed by atoms with Crippen LogP contribution < -0.4 is 26.6 Å². The highest BCUT2D eigenvalue weighted by Crippen LogP contribution is 2.23. The van der Waals surface area contributed by atoms with Gasteiger partial charge in [0.2, 0.25) is 5.91 Å². The molecular formula is C18H20N4O3. The molecule has 0 aromatic heterocycles. The van der Waals surface area contributed by atoms with E-state index in [0.717, 1.165) is 5.56 Å². The average molecular weight is 340 g/mol. The zero-order valence-electron chi connectivity index (χ0n) is 13.6. The summed E-state index contributed by atoms with van der Waals surface area (Å²) in [7, 11) is 0. The van der Waals surface area contributed by atoms with E-state index in [0.29, 0.717) is 17.9 Å². The van der Waals surface area contributed by atoms with Gasteiger partial charge in [0, 0.05) is 11.7 Å². The Morgan fingerprint density at radius 1 is 1.08 bits per heavy atom. The molecule has 2 amide bonds. The van der Waals surface area contributed by atoms with Gasteiger partial charge in [0.15, 0.2) is 6.61 Å². The minimum absolute atomic E-state index is 0.0986. The maximum absolute atomic E-state index is 12.4. The second-order valence-corrected chi connectivity index (χ2v) is 5.81. The van der Waals surface area contributed by atoms with Gasteiger partial charge in [-0.1, -0.05) is 30.3 Å². The van der Waals surface area contributed by atoms with Crippen LogP contribution in [0.15, 0.2) is 54.6 Å². The van der Waals surface area contributed by atoms with Crippen LogP contribution in [0, 0.1) is 0 Å². The van der Waals surface area contributed by atoms with Crippen molar-refractivity contribution in [2.45, 2.75) is 18.5 Å². The summed E-state index contributed by atoms with van der Waals surface area (Å²) in [5.41, 5.74) is 13.0. The van der Waals surface area contributed by atoms with Gasteiger partial charge in [-0.15, -0.1) is 0 Å². The zero-order chi connectivity index (χ0) is 17.6. The molecule has 7 heteroatoms. The van der Waals surface area contributed by atoms with Gasteiger partial charge in [-0.05, 0) is 36.2 Å². The number of hydrogen-bond donors (Lipinski definition) is 4. The van der Waals surface area contributed by atoms with E-state index in [1.807, 2.05) is 30.3 Å². The first-order valence-electron chi connectivity index (χ1n) is 8.00. The van der Waals surface area contributed by atoms with Gasteiger partial charge in [0.25, 0.3) is 5.91 Å². The van der Waals surface area contributed by atoms with Crippen LogP contribution in [0.3, 0.4) is 0 Å². The molecule has 5 N–H and O–H groups in total. The molecule has 7 nitrogen and oxygen atoms in total. The van der Waals surface area contributed by atoms with Gasteiger partial charge in [0.1, 0.15) is 11.8 Å². The van der Waals surface area contributed by atoms with Crippen LogP contribution in [0.5, 0.6) is 5.75 Å². The van der Waals surface area contributed by atoms with Crippen LogP contribution >= 0.6 is 0 Å². The highest BCUT2D eigenvalue weighted by molar-refractivity contribution is 5.95. The first-order valence-corrected chi connectivity index (χ1v) is 8.00. The molecule has 3 rings (SSSR count). The van der Waals surface area contributed by atoms with Crippen molar-refractivity contribution in [3.05, 3.63) is 60.2 Å². The van der Waals surface area contributed by atoms with Crippen molar-refractivity contribution in [1.29, 1.82) is 0 Å². The third kappa shape index (κ3) is 4.56. The summed E-state index contributed by atoms with van der Waals surface area (Å²) >= 11 is 0. The number of rotatable bonds is 6. The molecule has 1 aliphatic rings. The van der Waals surface area contributed by atoms with Crippen molar-refractivity contribution in [1.82, 2.24) is 10.9 Å². The molecule has 0 radical (unpaired) electrons. The lowest BCUT2D eigenvalue weighted by Crippen LogP contribution is -2.39. The predicted octanol–water partition coefficient (Wildman–Crippen LogP) is 1.10. The van der Waals surface area contributed by atoms with Crippen molar-refractivity contribution >= 4 is 17.5 Å². The third-order valence-corrected chi connectivity index (χ3v) is 3.92. The summed E-state index contributed by atoms with van der Waals surface area (Å²) in [6.45, 7) is -0.176. The van der Waals surface area contributed by atoms with Gasteiger partial charge in [-0.2, -0.15) is 0 Å². The van der Waals surface area contributed by atoms with Crippen molar-refractivity contribution in [3.8, 4) is 5.75 Å². The molecule has 2 unspecified atom stereocenters. The lowest BCUT2D eigenvalue weighted by molar-refractivity contribution is -0.120. The Hall–Kier alpha value is -2.90. The van der Waals surface area contributed by atoms with E-state index in [9.17, 15) is 9.59 Å². The molecule has 0 bridgehead atoms. The second kappa shape index (κ2) is 7.78. The molecule has 130 valence electrons. The Bertz CT molecular complexity index is 734. The fourth-order valence-electron chi connectivity index (χ4n) is 2.65. The summed E-state index contributed by atoms with van der Waals surface area (Å²) in [5, 5.41) is 2.86. The predicted molar refractivity (Wildman–Crippen MR) is 93.6 cm³/mol. The van der Waals surface area contributed by atoms with Crippen LogP contribution in [0.1, 0.15) is 18.0 Å². The molecule has 25 heavy (non-hydrogen) atoms. The summed E-state index contributed by atoms with van der Waals surface area (Å²) in [4.78, 5) is 23.1. The number of hydrazine groups is 1. The number of anilines is 1. The second-order valence-electron chi connectivity index (χ2n) is 5.81. The molecule has 1 fully saturated rings. The minimum Gasteiger partial charge on any atom is -0.484 e. The maximum Gasteiger partial charge on any atom is 0.255 e. The molecule has 0 aliphatic carbocycles. The fourth-order valence-corrected chi connectivity index (χ4v) is 2.65. The van der Waals surface area contributed by atoms with Crippen LogP contribution in [0.25, 0.3) is 0 Å². The normalized spacial score (nSPS) is 19.4. The SMILES string of the molecule is NC(=O)COc1ccc(NC(=O)C2CC(c3ccccc3)NN2)cc1. The van der Waals surface area contributed by atoms with Crippen molar-refractivity contribution in [3.63, 3.8) is 0 Å². The van der Waals surface area contributed by atoms with E-state index in [1.54, 1.807) is 24.3 Å². The number of carbonyl (C=O) groups excluding carboxylic acids is 2. The highest BCUT2D eigenvalue weighted by atomic mass is 16.5. The Labute approximate surface area is 145 Å². The van der Waals surface area contributed by atoms with Gasteiger partial charge in [0.05, 0.1) is 0 Å². The number of primary amides is 1. The summed E-state index contributed by atoms with van der Waals surface area (Å²) in [6, 6.07) is 16.5. The molecule has 2 aromatic carbocycles. The number of ether oxygens (including phenoxy) is 1. The molecule has 0 saturated carbocycles. The average Bonchev–Trinajstić information content (AvgIpc) is 3.12. The number of amides is 2. The Morgan fingerprint density at radius 3 is 2.48 bits per heavy atom. The largest absolute Gasteiger partial charge is 0.484 e. The quantitative estimate of drug-likeness (QED) is 0.630. The molecular weight excluding hydrogens is 320 g/mol. The zero-order valence-corrected chi connectivity index (χ0v) is 13.6. The number of benzene rings is 2. The van der Waals surface area contributed by atoms with E-state index >= 15 is 0 Å². The van der Waals surface area contributed by atoms with Gasteiger partial charge in [-0.25, -0.2) is 10.9 Å². The summed E-state index contributed by atoms with van der Waals surface area (Å²) < 4.78 is 5.18. The molecule has 0 spiro atoms. The van der Waals surface area contributed by atoms with Crippen molar-refractivity contribution in [2.24, 2.45) is 5.73 Å². The Kier molecular flexibility index (Phi) is 5.27. The molecule has 1 aliphatic heterocycles. The smallest absolute Gasteiger partial charge is 0.255 e. The van der Waals surface area contributed by atoms with Crippen LogP contribution in [0.4, 0.5) is 5.69 Å². The summed E-state index contributed by atoms with van der Waals surface area (Å²) in [6.07, 6.45) is 0.662. The van der Waals surface area contributed by atoms with E-state index in [1.165, 1.54) is 0 Å². The van der Waals surface area contributed by atoms with Crippen LogP contribution in [-0.4, -0.2) is 24.5 Å². The Morgan fingerprint density at radius 2 is 1.80 bits per heavy atom. The first-order chi connectivity index (χ1) is 12.1.